The van der Waals surface area contributed by atoms with Crippen molar-refractivity contribution in [2.24, 2.45) is 11.7 Å². The van der Waals surface area contributed by atoms with Crippen LogP contribution in [0.15, 0.2) is 72.8 Å². The van der Waals surface area contributed by atoms with Gasteiger partial charge in [-0.25, -0.2) is 18.8 Å². The van der Waals surface area contributed by atoms with Crippen molar-refractivity contribution in [1.29, 1.82) is 0 Å². The van der Waals surface area contributed by atoms with Gasteiger partial charge in [-0.05, 0) is 51.0 Å². The van der Waals surface area contributed by atoms with E-state index in [4.69, 9.17) is 10.5 Å². The summed E-state index contributed by atoms with van der Waals surface area (Å²) in [5, 5.41) is 12.2. The molecule has 0 radical (unpaired) electrons. The van der Waals surface area contributed by atoms with Gasteiger partial charge in [-0.2, -0.15) is 0 Å². The summed E-state index contributed by atoms with van der Waals surface area (Å²) >= 11 is 0. The van der Waals surface area contributed by atoms with Crippen molar-refractivity contribution in [2.75, 3.05) is 5.32 Å². The highest BCUT2D eigenvalue weighted by Gasteiger charge is 2.52. The number of primary amides is 1. The number of amides is 3. The van der Waals surface area contributed by atoms with Gasteiger partial charge in [0.2, 0.25) is 5.91 Å². The Kier molecular flexibility index (Phi) is 8.93. The highest BCUT2D eigenvalue weighted by atomic mass is 19.1. The van der Waals surface area contributed by atoms with Crippen molar-refractivity contribution < 1.29 is 38.2 Å². The van der Waals surface area contributed by atoms with E-state index in [-0.39, 0.29) is 28.8 Å². The highest BCUT2D eigenvalue weighted by Crippen LogP contribution is 2.45. The van der Waals surface area contributed by atoms with Crippen molar-refractivity contribution in [3.05, 3.63) is 101 Å². The van der Waals surface area contributed by atoms with Crippen LogP contribution in [-0.4, -0.2) is 51.3 Å². The third-order valence-electron chi connectivity index (χ3n) is 7.07. The summed E-state index contributed by atoms with van der Waals surface area (Å²) in [6.45, 7) is 4.95. The van der Waals surface area contributed by atoms with Crippen LogP contribution in [0.2, 0.25) is 0 Å². The minimum atomic E-state index is -1.37. The molecule has 1 aliphatic heterocycles. The molecule has 3 aromatic rings. The number of hydrogen-bond donors (Lipinski definition) is 3. The van der Waals surface area contributed by atoms with Crippen molar-refractivity contribution >= 4 is 35.3 Å². The second-order valence-corrected chi connectivity index (χ2v) is 11.2. The number of ketones is 1. The van der Waals surface area contributed by atoms with Gasteiger partial charge in [0, 0.05) is 22.7 Å². The summed E-state index contributed by atoms with van der Waals surface area (Å²) in [6, 6.07) is 14.4. The zero-order chi connectivity index (χ0) is 31.5. The molecule has 1 aliphatic rings. The first kappa shape index (κ1) is 30.9. The second-order valence-electron chi connectivity index (χ2n) is 11.2. The van der Waals surface area contributed by atoms with Crippen LogP contribution < -0.4 is 11.1 Å². The zero-order valence-electron chi connectivity index (χ0n) is 23.9. The Bertz CT molecular complexity index is 1570. The smallest absolute Gasteiger partial charge is 0.336 e. The summed E-state index contributed by atoms with van der Waals surface area (Å²) < 4.78 is 21.0. The lowest BCUT2D eigenvalue weighted by Crippen LogP contribution is -2.45. The fourth-order valence-corrected chi connectivity index (χ4v) is 5.40. The second kappa shape index (κ2) is 12.4. The zero-order valence-corrected chi connectivity index (χ0v) is 23.9. The number of nitrogens with two attached hydrogens (primary N) is 1. The minimum absolute atomic E-state index is 0.0122. The van der Waals surface area contributed by atoms with E-state index in [9.17, 15) is 29.1 Å². The minimum Gasteiger partial charge on any atom is -0.478 e. The van der Waals surface area contributed by atoms with Gasteiger partial charge in [-0.1, -0.05) is 54.6 Å². The van der Waals surface area contributed by atoms with Gasteiger partial charge < -0.3 is 25.8 Å². The fraction of sp³-hybridized carbons (Fsp3) is 0.281. The molecule has 4 N–H and O–H groups in total. The number of aromatic carboxylic acids is 1. The molecule has 1 fully saturated rings. The van der Waals surface area contributed by atoms with E-state index in [1.807, 2.05) is 0 Å². The third kappa shape index (κ3) is 6.88. The van der Waals surface area contributed by atoms with E-state index < -0.39 is 65.5 Å². The molecule has 0 aromatic heterocycles. The van der Waals surface area contributed by atoms with Crippen LogP contribution in [0.5, 0.6) is 0 Å². The molecule has 1 heterocycles. The Morgan fingerprint density at radius 2 is 1.63 bits per heavy atom. The number of carbonyl (C=O) groups is 5. The quantitative estimate of drug-likeness (QED) is 0.253. The van der Waals surface area contributed by atoms with Gasteiger partial charge in [0.1, 0.15) is 17.5 Å². The predicted octanol–water partition coefficient (Wildman–Crippen LogP) is 4.74. The van der Waals surface area contributed by atoms with E-state index in [0.29, 0.717) is 5.56 Å². The number of rotatable bonds is 8. The summed E-state index contributed by atoms with van der Waals surface area (Å²) in [7, 11) is 0. The van der Waals surface area contributed by atoms with E-state index in [1.54, 1.807) is 57.2 Å². The number of likely N-dealkylation sites (tertiary alicyclic amines) is 1. The molecule has 3 amide bonds. The lowest BCUT2D eigenvalue weighted by atomic mass is 9.86. The number of carboxylic acids is 1. The number of anilines is 1. The number of urea groups is 1. The molecule has 0 spiro atoms. The normalized spacial score (nSPS) is 18.1. The molecule has 0 saturated carbocycles. The molecule has 3 unspecified atom stereocenters. The van der Waals surface area contributed by atoms with Gasteiger partial charge in [0.15, 0.2) is 5.78 Å². The molecule has 4 rings (SSSR count). The van der Waals surface area contributed by atoms with Crippen molar-refractivity contribution in [3.8, 4) is 0 Å². The average Bonchev–Trinajstić information content (AvgIpc) is 3.34. The first-order valence-electron chi connectivity index (χ1n) is 13.6. The van der Waals surface area contributed by atoms with E-state index in [1.165, 1.54) is 36.4 Å². The van der Waals surface area contributed by atoms with Crippen LogP contribution in [0.4, 0.5) is 14.9 Å². The van der Waals surface area contributed by atoms with Crippen LogP contribution in [-0.2, 0) is 20.7 Å². The number of benzene rings is 3. The number of nitrogens with zero attached hydrogens (tertiary/aromatic N) is 1. The number of hydrogen-bond acceptors (Lipinski definition) is 6. The van der Waals surface area contributed by atoms with Crippen LogP contribution >= 0.6 is 0 Å². The molecule has 3 aromatic carbocycles. The number of halogens is 1. The van der Waals surface area contributed by atoms with Crippen molar-refractivity contribution in [2.45, 2.75) is 51.3 Å². The molecule has 0 bridgehead atoms. The van der Waals surface area contributed by atoms with Gasteiger partial charge in [-0.3, -0.25) is 9.59 Å². The van der Waals surface area contributed by atoms with Crippen LogP contribution in [0.3, 0.4) is 0 Å². The first-order valence-corrected chi connectivity index (χ1v) is 13.6. The van der Waals surface area contributed by atoms with E-state index >= 15 is 4.39 Å². The number of carboxylic acid groups (broad SMARTS) is 1. The Balaban J connectivity index is 1.88. The summed E-state index contributed by atoms with van der Waals surface area (Å²) in [5.74, 6) is -5.09. The van der Waals surface area contributed by atoms with Crippen molar-refractivity contribution in [3.63, 3.8) is 0 Å². The third-order valence-corrected chi connectivity index (χ3v) is 7.07. The molecule has 43 heavy (non-hydrogen) atoms. The Morgan fingerprint density at radius 3 is 2.23 bits per heavy atom. The molecule has 1 saturated heterocycles. The molecule has 3 atom stereocenters. The number of nitrogens with one attached hydrogen (secondary N) is 1. The Morgan fingerprint density at radius 1 is 0.977 bits per heavy atom. The average molecular weight is 590 g/mol. The number of ether oxygens (including phenoxy) is 1. The monoisotopic (exact) mass is 589 g/mol. The Hall–Kier alpha value is -5.06. The number of esters is 1. The summed E-state index contributed by atoms with van der Waals surface area (Å²) in [5.41, 5.74) is 4.28. The van der Waals surface area contributed by atoms with Crippen LogP contribution in [0.1, 0.15) is 65.1 Å². The van der Waals surface area contributed by atoms with Crippen LogP contribution in [0.25, 0.3) is 0 Å². The molecular formula is C32H32FN3O7. The van der Waals surface area contributed by atoms with Gasteiger partial charge in [0.05, 0.1) is 18.0 Å². The first-order chi connectivity index (χ1) is 20.3. The van der Waals surface area contributed by atoms with Crippen LogP contribution in [0, 0.1) is 11.7 Å². The predicted molar refractivity (Wildman–Crippen MR) is 155 cm³/mol. The molecule has 224 valence electrons. The van der Waals surface area contributed by atoms with Crippen molar-refractivity contribution in [1.82, 2.24) is 4.90 Å². The van der Waals surface area contributed by atoms with E-state index in [0.717, 1.165) is 4.90 Å². The molecular weight excluding hydrogens is 557 g/mol. The standard InChI is InChI=1S/C32H32FN3O7/c1-32(2,3)43-30(41)25-16-22(28(38)18-10-5-4-6-11-18)27(20-12-7-8-14-23(20)33)36(25)26(37)17-21-19(29(39)40)13-9-15-24(21)35-31(34)42/h4-15,22,25,27H,16-17H2,1-3H3,(H,39,40)(H3,34,35,42). The maximum atomic E-state index is 15.4. The van der Waals surface area contributed by atoms with E-state index in [2.05, 4.69) is 5.32 Å². The van der Waals surface area contributed by atoms with Gasteiger partial charge in [-0.15, -0.1) is 0 Å². The highest BCUT2D eigenvalue weighted by molar-refractivity contribution is 6.01. The van der Waals surface area contributed by atoms with Gasteiger partial charge >= 0.3 is 18.0 Å². The Labute approximate surface area is 247 Å². The van der Waals surface area contributed by atoms with Gasteiger partial charge in [0.25, 0.3) is 0 Å². The SMILES string of the molecule is CC(C)(C)OC(=O)C1CC(C(=O)c2ccccc2)C(c2ccccc2F)N1C(=O)Cc1c(NC(N)=O)cccc1C(=O)O. The maximum Gasteiger partial charge on any atom is 0.336 e. The molecule has 10 nitrogen and oxygen atoms in total. The summed E-state index contributed by atoms with van der Waals surface area (Å²) in [6.07, 6.45) is -0.783. The summed E-state index contributed by atoms with van der Waals surface area (Å²) in [4.78, 5) is 66.6. The molecule has 0 aliphatic carbocycles. The topological polar surface area (TPSA) is 156 Å². The number of carbonyl (C=O) groups excluding carboxylic acids is 4. The maximum absolute atomic E-state index is 15.4. The lowest BCUT2D eigenvalue weighted by molar-refractivity contribution is -0.164. The fourth-order valence-electron chi connectivity index (χ4n) is 5.40. The molecule has 11 heteroatoms. The lowest BCUT2D eigenvalue weighted by Gasteiger charge is -2.33. The number of Topliss-reactive ketones (excluding diaryl/α,β-unsaturated/α-hetero) is 1. The largest absolute Gasteiger partial charge is 0.478 e.